The lowest BCUT2D eigenvalue weighted by molar-refractivity contribution is 0.0858. The van der Waals surface area contributed by atoms with Gasteiger partial charge in [0.15, 0.2) is 0 Å². The molecule has 3 aromatic rings. The van der Waals surface area contributed by atoms with E-state index in [1.165, 1.54) is 0 Å². The molecule has 3 aromatic carbocycles. The minimum Gasteiger partial charge on any atom is -0.390 e. The van der Waals surface area contributed by atoms with Gasteiger partial charge in [0.05, 0.1) is 24.4 Å². The summed E-state index contributed by atoms with van der Waals surface area (Å²) in [7, 11) is 3.65. The number of methoxy groups -OCH3 is 1. The molecule has 0 unspecified atom stereocenters. The monoisotopic (exact) mass is 457 g/mol. The van der Waals surface area contributed by atoms with E-state index in [0.717, 1.165) is 40.3 Å². The topological polar surface area (TPSA) is 74.2 Å². The number of ether oxygens (including phenoxy) is 1. The van der Waals surface area contributed by atoms with Crippen molar-refractivity contribution in [3.8, 4) is 11.1 Å². The molecule has 0 saturated heterocycles. The summed E-state index contributed by atoms with van der Waals surface area (Å²) in [5.74, 6) is 0.663. The predicted octanol–water partition coefficient (Wildman–Crippen LogP) is 4.37. The summed E-state index contributed by atoms with van der Waals surface area (Å²) in [5.41, 5.74) is 5.45. The average Bonchev–Trinajstić information content (AvgIpc) is 3.17. The number of nitrogens with zero attached hydrogens (tertiary/aromatic N) is 2. The molecule has 0 aromatic heterocycles. The smallest absolute Gasteiger partial charge is 0.251 e. The first-order valence-corrected chi connectivity index (χ1v) is 11.5. The maximum absolute atomic E-state index is 13.0. The molecule has 0 fully saturated rings. The number of amidine groups is 1. The molecule has 176 valence electrons. The number of carbonyl (C=O) groups is 1. The van der Waals surface area contributed by atoms with Crippen LogP contribution in [0.3, 0.4) is 0 Å². The summed E-state index contributed by atoms with van der Waals surface area (Å²) in [5, 5.41) is 13.7. The number of likely N-dealkylation sites (N-methyl/N-ethyl adjacent to an activating group) is 1. The van der Waals surface area contributed by atoms with Crippen molar-refractivity contribution in [3.05, 3.63) is 89.5 Å². The first-order valence-electron chi connectivity index (χ1n) is 11.5. The summed E-state index contributed by atoms with van der Waals surface area (Å²) in [6.45, 7) is 3.33. The van der Waals surface area contributed by atoms with Gasteiger partial charge < -0.3 is 20.1 Å². The van der Waals surface area contributed by atoms with Gasteiger partial charge in [0.25, 0.3) is 5.91 Å². The zero-order valence-corrected chi connectivity index (χ0v) is 19.9. The highest BCUT2D eigenvalue weighted by Gasteiger charge is 2.32. The minimum atomic E-state index is -0.674. The van der Waals surface area contributed by atoms with E-state index in [2.05, 4.69) is 5.32 Å². The Kier molecular flexibility index (Phi) is 7.40. The third-order valence-electron chi connectivity index (χ3n) is 6.29. The van der Waals surface area contributed by atoms with Crippen LogP contribution < -0.4 is 5.32 Å². The van der Waals surface area contributed by atoms with Crippen molar-refractivity contribution in [2.75, 3.05) is 27.3 Å². The Bertz CT molecular complexity index is 1160. The van der Waals surface area contributed by atoms with Gasteiger partial charge in [-0.3, -0.25) is 4.79 Å². The molecule has 4 rings (SSSR count). The highest BCUT2D eigenvalue weighted by molar-refractivity contribution is 5.95. The number of benzene rings is 3. The van der Waals surface area contributed by atoms with E-state index in [1.807, 2.05) is 91.7 Å². The standard InChI is InChI=1S/C28H31N3O3/c1-19(31(2)15-16-34-3)29-24-14-13-23-17-26(32)27(25(23)18-24)30-28(33)22-11-9-21(10-12-22)20-7-5-4-6-8-20/h4-14,18,26-27,32H,15-17H2,1-3H3,(H,30,33)/b29-19+/t26-,27-/m1/s1. The SMILES string of the molecule is COCCN(C)/C(C)=N/c1ccc2c(c1)[C@@H](NC(=O)c1ccc(-c3ccccc3)cc1)[C@H](O)C2. The molecule has 6 nitrogen and oxygen atoms in total. The Labute approximate surface area is 200 Å². The van der Waals surface area contributed by atoms with Crippen LogP contribution in [0.25, 0.3) is 11.1 Å². The molecule has 1 amide bonds. The van der Waals surface area contributed by atoms with Gasteiger partial charge in [0.2, 0.25) is 0 Å². The van der Waals surface area contributed by atoms with Crippen molar-refractivity contribution in [1.29, 1.82) is 0 Å². The second kappa shape index (κ2) is 10.6. The second-order valence-electron chi connectivity index (χ2n) is 8.62. The van der Waals surface area contributed by atoms with E-state index in [0.29, 0.717) is 18.6 Å². The lowest BCUT2D eigenvalue weighted by Gasteiger charge is -2.19. The molecular weight excluding hydrogens is 426 g/mol. The summed E-state index contributed by atoms with van der Waals surface area (Å²) in [4.78, 5) is 19.7. The van der Waals surface area contributed by atoms with Crippen molar-refractivity contribution in [1.82, 2.24) is 10.2 Å². The largest absolute Gasteiger partial charge is 0.390 e. The lowest BCUT2D eigenvalue weighted by atomic mass is 10.0. The number of aliphatic imine (C=N–C) groups is 1. The third-order valence-corrected chi connectivity index (χ3v) is 6.29. The normalized spacial score (nSPS) is 17.4. The first kappa shape index (κ1) is 23.7. The van der Waals surface area contributed by atoms with Crippen LogP contribution in [0.5, 0.6) is 0 Å². The molecular formula is C28H31N3O3. The summed E-state index contributed by atoms with van der Waals surface area (Å²) < 4.78 is 5.14. The van der Waals surface area contributed by atoms with Crippen LogP contribution in [0.4, 0.5) is 5.69 Å². The van der Waals surface area contributed by atoms with Crippen molar-refractivity contribution in [2.24, 2.45) is 4.99 Å². The van der Waals surface area contributed by atoms with Gasteiger partial charge in [-0.2, -0.15) is 0 Å². The van der Waals surface area contributed by atoms with Gasteiger partial charge in [-0.15, -0.1) is 0 Å². The fourth-order valence-electron chi connectivity index (χ4n) is 4.18. The van der Waals surface area contributed by atoms with Crippen LogP contribution in [-0.4, -0.2) is 55.2 Å². The van der Waals surface area contributed by atoms with Crippen molar-refractivity contribution in [2.45, 2.75) is 25.5 Å². The van der Waals surface area contributed by atoms with Crippen LogP contribution in [-0.2, 0) is 11.2 Å². The van der Waals surface area contributed by atoms with Gasteiger partial charge >= 0.3 is 0 Å². The zero-order chi connectivity index (χ0) is 24.1. The number of hydrogen-bond acceptors (Lipinski definition) is 4. The van der Waals surface area contributed by atoms with Crippen LogP contribution >= 0.6 is 0 Å². The van der Waals surface area contributed by atoms with E-state index in [9.17, 15) is 9.90 Å². The molecule has 0 bridgehead atoms. The van der Waals surface area contributed by atoms with Crippen molar-refractivity contribution in [3.63, 3.8) is 0 Å². The fourth-order valence-corrected chi connectivity index (χ4v) is 4.18. The molecule has 1 aliphatic carbocycles. The molecule has 1 aliphatic rings. The highest BCUT2D eigenvalue weighted by Crippen LogP contribution is 2.34. The number of rotatable bonds is 7. The van der Waals surface area contributed by atoms with Crippen molar-refractivity contribution >= 4 is 17.4 Å². The Morgan fingerprint density at radius 1 is 1.09 bits per heavy atom. The minimum absolute atomic E-state index is 0.208. The maximum atomic E-state index is 13.0. The van der Waals surface area contributed by atoms with Gasteiger partial charge in [-0.25, -0.2) is 4.99 Å². The van der Waals surface area contributed by atoms with Crippen LogP contribution in [0.1, 0.15) is 34.5 Å². The predicted molar refractivity (Wildman–Crippen MR) is 136 cm³/mol. The Hall–Kier alpha value is -3.48. The number of carbonyl (C=O) groups excluding carboxylic acids is 1. The van der Waals surface area contributed by atoms with Gasteiger partial charge in [-0.1, -0.05) is 48.5 Å². The number of amides is 1. The lowest BCUT2D eigenvalue weighted by Crippen LogP contribution is -2.33. The summed E-state index contributed by atoms with van der Waals surface area (Å²) >= 11 is 0. The molecule has 2 N–H and O–H groups in total. The number of fused-ring (bicyclic) bond motifs is 1. The van der Waals surface area contributed by atoms with E-state index in [-0.39, 0.29) is 5.91 Å². The van der Waals surface area contributed by atoms with E-state index >= 15 is 0 Å². The average molecular weight is 458 g/mol. The molecule has 0 heterocycles. The number of aliphatic hydroxyl groups is 1. The Morgan fingerprint density at radius 2 is 1.79 bits per heavy atom. The molecule has 34 heavy (non-hydrogen) atoms. The Balaban J connectivity index is 1.49. The van der Waals surface area contributed by atoms with Crippen LogP contribution in [0.15, 0.2) is 77.8 Å². The van der Waals surface area contributed by atoms with Gasteiger partial charge in [0, 0.05) is 32.7 Å². The van der Waals surface area contributed by atoms with Crippen LogP contribution in [0.2, 0.25) is 0 Å². The number of aliphatic hydroxyl groups excluding tert-OH is 1. The fraction of sp³-hybridized carbons (Fsp3) is 0.286. The van der Waals surface area contributed by atoms with Gasteiger partial charge in [-0.05, 0) is 53.4 Å². The molecule has 0 radical (unpaired) electrons. The maximum Gasteiger partial charge on any atom is 0.251 e. The molecule has 0 spiro atoms. The van der Waals surface area contributed by atoms with Gasteiger partial charge in [0.1, 0.15) is 5.84 Å². The van der Waals surface area contributed by atoms with Crippen molar-refractivity contribution < 1.29 is 14.6 Å². The third kappa shape index (κ3) is 5.35. The zero-order valence-electron chi connectivity index (χ0n) is 19.9. The highest BCUT2D eigenvalue weighted by atomic mass is 16.5. The number of hydrogen-bond donors (Lipinski definition) is 2. The second-order valence-corrected chi connectivity index (χ2v) is 8.62. The quantitative estimate of drug-likeness (QED) is 0.408. The van der Waals surface area contributed by atoms with E-state index in [4.69, 9.17) is 9.73 Å². The first-order chi connectivity index (χ1) is 16.5. The number of nitrogens with one attached hydrogen (secondary N) is 1. The molecule has 0 saturated carbocycles. The van der Waals surface area contributed by atoms with Crippen LogP contribution in [0, 0.1) is 0 Å². The Morgan fingerprint density at radius 3 is 2.50 bits per heavy atom. The summed E-state index contributed by atoms with van der Waals surface area (Å²) in [6.07, 6.45) is -0.170. The molecule has 6 heteroatoms. The van der Waals surface area contributed by atoms with E-state index < -0.39 is 12.1 Å². The summed E-state index contributed by atoms with van der Waals surface area (Å²) in [6, 6.07) is 23.0. The molecule has 0 aliphatic heterocycles. The molecule has 2 atom stereocenters. The van der Waals surface area contributed by atoms with E-state index in [1.54, 1.807) is 7.11 Å².